The molecule has 1 atom stereocenters. The largest absolute Gasteiger partial charge is 0.308 e. The summed E-state index contributed by atoms with van der Waals surface area (Å²) in [5.41, 5.74) is 1.33. The van der Waals surface area contributed by atoms with Crippen LogP contribution in [0.3, 0.4) is 0 Å². The van der Waals surface area contributed by atoms with Crippen molar-refractivity contribution < 1.29 is 8.78 Å². The van der Waals surface area contributed by atoms with Gasteiger partial charge in [0.1, 0.15) is 0 Å². The predicted octanol–water partition coefficient (Wildman–Crippen LogP) is 3.14. The molecule has 102 valence electrons. The van der Waals surface area contributed by atoms with Crippen LogP contribution >= 0.6 is 11.6 Å². The van der Waals surface area contributed by atoms with Crippen molar-refractivity contribution in [3.05, 3.63) is 52.3 Å². The van der Waals surface area contributed by atoms with Gasteiger partial charge in [0.05, 0.1) is 23.0 Å². The van der Waals surface area contributed by atoms with Crippen LogP contribution in [-0.2, 0) is 6.54 Å². The third kappa shape index (κ3) is 2.62. The number of rotatable bonds is 4. The summed E-state index contributed by atoms with van der Waals surface area (Å²) in [6.07, 6.45) is 1.55. The molecule has 0 amide bonds. The number of nitrogens with zero attached hydrogens (tertiary/aromatic N) is 2. The second-order valence-electron chi connectivity index (χ2n) is 4.09. The lowest BCUT2D eigenvalue weighted by Gasteiger charge is -2.18. The second kappa shape index (κ2) is 5.67. The van der Waals surface area contributed by atoms with Crippen molar-refractivity contribution >= 4 is 11.6 Å². The summed E-state index contributed by atoms with van der Waals surface area (Å²) in [6.45, 7) is 2.58. The summed E-state index contributed by atoms with van der Waals surface area (Å²) in [6, 6.07) is 3.46. The van der Waals surface area contributed by atoms with E-state index in [9.17, 15) is 8.78 Å². The maximum absolute atomic E-state index is 13.3. The van der Waals surface area contributed by atoms with Crippen molar-refractivity contribution in [3.63, 3.8) is 0 Å². The fourth-order valence-electron chi connectivity index (χ4n) is 2.06. The van der Waals surface area contributed by atoms with Gasteiger partial charge >= 0.3 is 0 Å². The smallest absolute Gasteiger partial charge is 0.159 e. The van der Waals surface area contributed by atoms with Gasteiger partial charge in [0, 0.05) is 6.54 Å². The quantitative estimate of drug-likeness (QED) is 0.935. The van der Waals surface area contributed by atoms with Gasteiger partial charge in [-0.2, -0.15) is 5.10 Å². The SMILES string of the molecule is CCn1ncc(Cl)c1C(NC)c1ccc(F)c(F)c1. The molecule has 0 saturated carbocycles. The number of nitrogens with one attached hydrogen (secondary N) is 1. The van der Waals surface area contributed by atoms with E-state index < -0.39 is 11.6 Å². The Morgan fingerprint density at radius 1 is 1.37 bits per heavy atom. The third-order valence-corrected chi connectivity index (χ3v) is 3.26. The Balaban J connectivity index is 2.49. The van der Waals surface area contributed by atoms with Crippen LogP contribution in [0, 0.1) is 11.6 Å². The molecule has 0 aliphatic carbocycles. The van der Waals surface area contributed by atoms with Crippen LogP contribution in [0.4, 0.5) is 8.78 Å². The maximum atomic E-state index is 13.3. The van der Waals surface area contributed by atoms with E-state index in [-0.39, 0.29) is 6.04 Å². The van der Waals surface area contributed by atoms with Crippen molar-refractivity contribution in [3.8, 4) is 0 Å². The fraction of sp³-hybridized carbons (Fsp3) is 0.308. The van der Waals surface area contributed by atoms with Crippen LogP contribution in [-0.4, -0.2) is 16.8 Å². The fourth-order valence-corrected chi connectivity index (χ4v) is 2.31. The van der Waals surface area contributed by atoms with Crippen molar-refractivity contribution in [2.45, 2.75) is 19.5 Å². The van der Waals surface area contributed by atoms with Gasteiger partial charge in [-0.25, -0.2) is 8.78 Å². The molecule has 0 saturated heterocycles. The molecule has 0 bridgehead atoms. The minimum absolute atomic E-state index is 0.343. The van der Waals surface area contributed by atoms with Crippen LogP contribution in [0.1, 0.15) is 24.2 Å². The Hall–Kier alpha value is -1.46. The number of aromatic nitrogens is 2. The summed E-state index contributed by atoms with van der Waals surface area (Å²) in [5.74, 6) is -1.75. The summed E-state index contributed by atoms with van der Waals surface area (Å²) < 4.78 is 28.1. The van der Waals surface area contributed by atoms with E-state index in [0.29, 0.717) is 17.1 Å². The van der Waals surface area contributed by atoms with E-state index in [0.717, 1.165) is 11.8 Å². The van der Waals surface area contributed by atoms with Crippen LogP contribution < -0.4 is 5.32 Å². The summed E-state index contributed by atoms with van der Waals surface area (Å²) in [7, 11) is 1.73. The van der Waals surface area contributed by atoms with Crippen molar-refractivity contribution in [1.29, 1.82) is 0 Å². The molecule has 0 aliphatic heterocycles. The van der Waals surface area contributed by atoms with Crippen molar-refractivity contribution in [2.24, 2.45) is 0 Å². The molecule has 0 aliphatic rings. The molecule has 2 aromatic rings. The number of benzene rings is 1. The van der Waals surface area contributed by atoms with E-state index in [1.165, 1.54) is 12.1 Å². The first-order valence-electron chi connectivity index (χ1n) is 5.91. The lowest BCUT2D eigenvalue weighted by molar-refractivity contribution is 0.502. The number of hydrogen-bond acceptors (Lipinski definition) is 2. The summed E-state index contributed by atoms with van der Waals surface area (Å²) in [4.78, 5) is 0. The molecular formula is C13H14ClF2N3. The lowest BCUT2D eigenvalue weighted by Crippen LogP contribution is -2.22. The lowest BCUT2D eigenvalue weighted by atomic mass is 10.0. The highest BCUT2D eigenvalue weighted by Crippen LogP contribution is 2.28. The Morgan fingerprint density at radius 2 is 2.11 bits per heavy atom. The Morgan fingerprint density at radius 3 is 2.68 bits per heavy atom. The zero-order valence-electron chi connectivity index (χ0n) is 10.6. The molecule has 1 heterocycles. The second-order valence-corrected chi connectivity index (χ2v) is 4.50. The average molecular weight is 286 g/mol. The summed E-state index contributed by atoms with van der Waals surface area (Å²) >= 11 is 6.13. The van der Waals surface area contributed by atoms with Gasteiger partial charge in [0.15, 0.2) is 11.6 Å². The number of halogens is 3. The van der Waals surface area contributed by atoms with Crippen LogP contribution in [0.25, 0.3) is 0 Å². The molecule has 6 heteroatoms. The van der Waals surface area contributed by atoms with E-state index in [2.05, 4.69) is 10.4 Å². The van der Waals surface area contributed by atoms with E-state index in [1.807, 2.05) is 6.92 Å². The molecule has 1 unspecified atom stereocenters. The van der Waals surface area contributed by atoms with E-state index in [1.54, 1.807) is 17.9 Å². The predicted molar refractivity (Wildman–Crippen MR) is 70.2 cm³/mol. The van der Waals surface area contributed by atoms with E-state index >= 15 is 0 Å². The zero-order chi connectivity index (χ0) is 14.0. The molecule has 3 nitrogen and oxygen atoms in total. The molecule has 1 aromatic carbocycles. The van der Waals surface area contributed by atoms with Crippen LogP contribution in [0.2, 0.25) is 5.02 Å². The molecule has 2 rings (SSSR count). The monoisotopic (exact) mass is 285 g/mol. The van der Waals surface area contributed by atoms with Crippen molar-refractivity contribution in [1.82, 2.24) is 15.1 Å². The van der Waals surface area contributed by atoms with E-state index in [4.69, 9.17) is 11.6 Å². The zero-order valence-corrected chi connectivity index (χ0v) is 11.4. The number of hydrogen-bond donors (Lipinski definition) is 1. The van der Waals surface area contributed by atoms with Gasteiger partial charge < -0.3 is 5.32 Å². The molecule has 19 heavy (non-hydrogen) atoms. The molecular weight excluding hydrogens is 272 g/mol. The summed E-state index contributed by atoms with van der Waals surface area (Å²) in [5, 5.41) is 7.69. The molecule has 1 aromatic heterocycles. The number of aryl methyl sites for hydroxylation is 1. The molecule has 0 radical (unpaired) electrons. The van der Waals surface area contributed by atoms with Gasteiger partial charge in [-0.15, -0.1) is 0 Å². The highest BCUT2D eigenvalue weighted by molar-refractivity contribution is 6.31. The van der Waals surface area contributed by atoms with Gasteiger partial charge in [-0.3, -0.25) is 4.68 Å². The molecule has 0 fully saturated rings. The first-order valence-corrected chi connectivity index (χ1v) is 6.29. The average Bonchev–Trinajstić information content (AvgIpc) is 2.76. The first kappa shape index (κ1) is 14.0. The third-order valence-electron chi connectivity index (χ3n) is 2.97. The highest BCUT2D eigenvalue weighted by Gasteiger charge is 2.21. The Kier molecular flexibility index (Phi) is 4.17. The topological polar surface area (TPSA) is 29.9 Å². The maximum Gasteiger partial charge on any atom is 0.159 e. The standard InChI is InChI=1S/C13H14ClF2N3/c1-3-19-13(9(14)7-18-19)12(17-2)8-4-5-10(15)11(16)6-8/h4-7,12,17H,3H2,1-2H3. The highest BCUT2D eigenvalue weighted by atomic mass is 35.5. The minimum Gasteiger partial charge on any atom is -0.308 e. The first-order chi connectivity index (χ1) is 9.08. The molecule has 1 N–H and O–H groups in total. The minimum atomic E-state index is -0.878. The Labute approximate surface area is 115 Å². The van der Waals surface area contributed by atoms with Gasteiger partial charge in [-0.1, -0.05) is 17.7 Å². The van der Waals surface area contributed by atoms with Gasteiger partial charge in [0.2, 0.25) is 0 Å². The van der Waals surface area contributed by atoms with Crippen LogP contribution in [0.5, 0.6) is 0 Å². The van der Waals surface area contributed by atoms with Crippen molar-refractivity contribution in [2.75, 3.05) is 7.05 Å². The molecule has 0 spiro atoms. The Bertz CT molecular complexity index is 583. The normalized spacial score (nSPS) is 12.7. The van der Waals surface area contributed by atoms with Crippen LogP contribution in [0.15, 0.2) is 24.4 Å². The van der Waals surface area contributed by atoms with Gasteiger partial charge in [-0.05, 0) is 31.7 Å². The van der Waals surface area contributed by atoms with Gasteiger partial charge in [0.25, 0.3) is 0 Å².